The molecule has 0 aliphatic carbocycles. The highest BCUT2D eigenvalue weighted by Gasteiger charge is 2.28. The normalized spacial score (nSPS) is 22.6. The Morgan fingerprint density at radius 2 is 2.22 bits per heavy atom. The molecular formula is C14H20ClNO2. The highest BCUT2D eigenvalue weighted by molar-refractivity contribution is 6.33. The van der Waals surface area contributed by atoms with Crippen molar-refractivity contribution in [2.75, 3.05) is 19.0 Å². The maximum absolute atomic E-state index is 6.19. The van der Waals surface area contributed by atoms with E-state index in [4.69, 9.17) is 21.1 Å². The third-order valence-corrected chi connectivity index (χ3v) is 3.56. The van der Waals surface area contributed by atoms with Crippen molar-refractivity contribution in [1.82, 2.24) is 0 Å². The lowest BCUT2D eigenvalue weighted by molar-refractivity contribution is -0.0553. The highest BCUT2D eigenvalue weighted by Crippen LogP contribution is 2.31. The Morgan fingerprint density at radius 3 is 2.89 bits per heavy atom. The zero-order valence-electron chi connectivity index (χ0n) is 11.1. The predicted molar refractivity (Wildman–Crippen MR) is 74.7 cm³/mol. The van der Waals surface area contributed by atoms with Crippen molar-refractivity contribution in [3.8, 4) is 5.75 Å². The van der Waals surface area contributed by atoms with Gasteiger partial charge >= 0.3 is 0 Å². The van der Waals surface area contributed by atoms with Gasteiger partial charge in [-0.05, 0) is 38.8 Å². The lowest BCUT2D eigenvalue weighted by Gasteiger charge is -2.36. The van der Waals surface area contributed by atoms with Gasteiger partial charge < -0.3 is 14.8 Å². The van der Waals surface area contributed by atoms with Crippen LogP contribution in [0.25, 0.3) is 0 Å². The summed E-state index contributed by atoms with van der Waals surface area (Å²) in [7, 11) is 1.66. The SMILES string of the molecule is COc1ccc(Cl)c(NC2CCOC(C)(C)C2)c1. The van der Waals surface area contributed by atoms with Gasteiger partial charge in [-0.25, -0.2) is 0 Å². The van der Waals surface area contributed by atoms with Gasteiger partial charge in [0.1, 0.15) is 5.75 Å². The van der Waals surface area contributed by atoms with E-state index >= 15 is 0 Å². The molecule has 1 aromatic rings. The first-order valence-electron chi connectivity index (χ1n) is 6.24. The van der Waals surface area contributed by atoms with Crippen molar-refractivity contribution in [3.63, 3.8) is 0 Å². The van der Waals surface area contributed by atoms with Crippen LogP contribution in [-0.2, 0) is 4.74 Å². The minimum Gasteiger partial charge on any atom is -0.497 e. The molecule has 4 heteroatoms. The van der Waals surface area contributed by atoms with Gasteiger partial charge in [0.2, 0.25) is 0 Å². The van der Waals surface area contributed by atoms with E-state index in [0.717, 1.165) is 35.9 Å². The van der Waals surface area contributed by atoms with Crippen LogP contribution >= 0.6 is 11.6 Å². The molecule has 3 nitrogen and oxygen atoms in total. The van der Waals surface area contributed by atoms with Crippen LogP contribution in [0.4, 0.5) is 5.69 Å². The smallest absolute Gasteiger partial charge is 0.121 e. The van der Waals surface area contributed by atoms with E-state index in [2.05, 4.69) is 19.2 Å². The number of rotatable bonds is 3. The fraction of sp³-hybridized carbons (Fsp3) is 0.571. The molecule has 1 aliphatic heterocycles. The summed E-state index contributed by atoms with van der Waals surface area (Å²) in [5.41, 5.74) is 0.861. The van der Waals surface area contributed by atoms with E-state index in [1.165, 1.54) is 0 Å². The number of methoxy groups -OCH3 is 1. The van der Waals surface area contributed by atoms with Crippen LogP contribution in [0.1, 0.15) is 26.7 Å². The Morgan fingerprint density at radius 1 is 1.44 bits per heavy atom. The average molecular weight is 270 g/mol. The molecule has 1 atom stereocenters. The van der Waals surface area contributed by atoms with E-state index < -0.39 is 0 Å². The summed E-state index contributed by atoms with van der Waals surface area (Å²) in [5.74, 6) is 0.813. The fourth-order valence-electron chi connectivity index (χ4n) is 2.32. The Balaban J connectivity index is 2.09. The molecule has 18 heavy (non-hydrogen) atoms. The monoisotopic (exact) mass is 269 g/mol. The third-order valence-electron chi connectivity index (χ3n) is 3.23. The number of hydrogen-bond donors (Lipinski definition) is 1. The lowest BCUT2D eigenvalue weighted by Crippen LogP contribution is -2.40. The Hall–Kier alpha value is -0.930. The lowest BCUT2D eigenvalue weighted by atomic mass is 9.94. The standard InChI is InChI=1S/C14H20ClNO2/c1-14(2)9-10(6-7-18-14)16-13-8-11(17-3)4-5-12(13)15/h4-5,8,10,16H,6-7,9H2,1-3H3. The molecule has 1 heterocycles. The largest absolute Gasteiger partial charge is 0.497 e. The number of hydrogen-bond acceptors (Lipinski definition) is 3. The molecular weight excluding hydrogens is 250 g/mol. The summed E-state index contributed by atoms with van der Waals surface area (Å²) in [5, 5.41) is 4.21. The summed E-state index contributed by atoms with van der Waals surface area (Å²) < 4.78 is 10.9. The van der Waals surface area contributed by atoms with E-state index in [1.54, 1.807) is 7.11 Å². The molecule has 1 saturated heterocycles. The Kier molecular flexibility index (Phi) is 4.03. The van der Waals surface area contributed by atoms with Crippen LogP contribution in [0.15, 0.2) is 18.2 Å². The van der Waals surface area contributed by atoms with Gasteiger partial charge in [-0.1, -0.05) is 11.6 Å². The molecule has 2 rings (SSSR count). The summed E-state index contributed by atoms with van der Waals surface area (Å²) >= 11 is 6.19. The number of ether oxygens (including phenoxy) is 2. The Bertz CT molecular complexity index is 420. The first-order chi connectivity index (χ1) is 8.50. The van der Waals surface area contributed by atoms with Gasteiger partial charge in [-0.2, -0.15) is 0 Å². The zero-order chi connectivity index (χ0) is 13.2. The van der Waals surface area contributed by atoms with Crippen molar-refractivity contribution in [1.29, 1.82) is 0 Å². The quantitative estimate of drug-likeness (QED) is 0.907. The molecule has 0 radical (unpaired) electrons. The first kappa shape index (κ1) is 13.5. The average Bonchev–Trinajstić information content (AvgIpc) is 2.31. The summed E-state index contributed by atoms with van der Waals surface area (Å²) in [6, 6.07) is 6.04. The number of nitrogens with one attached hydrogen (secondary N) is 1. The van der Waals surface area contributed by atoms with Crippen LogP contribution < -0.4 is 10.1 Å². The van der Waals surface area contributed by atoms with E-state index in [1.807, 2.05) is 18.2 Å². The molecule has 0 spiro atoms. The molecule has 0 aromatic heterocycles. The highest BCUT2D eigenvalue weighted by atomic mass is 35.5. The molecule has 100 valence electrons. The Labute approximate surface area is 113 Å². The second kappa shape index (κ2) is 5.37. The number of benzene rings is 1. The van der Waals surface area contributed by atoms with Gasteiger partial charge in [-0.15, -0.1) is 0 Å². The van der Waals surface area contributed by atoms with Gasteiger partial charge in [0, 0.05) is 18.7 Å². The predicted octanol–water partition coefficient (Wildman–Crippen LogP) is 3.72. The maximum atomic E-state index is 6.19. The van der Waals surface area contributed by atoms with Crippen LogP contribution in [-0.4, -0.2) is 25.4 Å². The third kappa shape index (κ3) is 3.30. The van der Waals surface area contributed by atoms with Crippen molar-refractivity contribution in [3.05, 3.63) is 23.2 Å². The summed E-state index contributed by atoms with van der Waals surface area (Å²) in [4.78, 5) is 0. The van der Waals surface area contributed by atoms with E-state index in [9.17, 15) is 0 Å². The van der Waals surface area contributed by atoms with Crippen LogP contribution in [0, 0.1) is 0 Å². The van der Waals surface area contributed by atoms with Gasteiger partial charge in [0.25, 0.3) is 0 Å². The minimum atomic E-state index is -0.0682. The van der Waals surface area contributed by atoms with Gasteiger partial charge in [0.05, 0.1) is 23.4 Å². The molecule has 0 saturated carbocycles. The fourth-order valence-corrected chi connectivity index (χ4v) is 2.49. The molecule has 0 bridgehead atoms. The number of anilines is 1. The second-order valence-corrected chi connectivity index (χ2v) is 5.70. The molecule has 0 amide bonds. The van der Waals surface area contributed by atoms with E-state index in [-0.39, 0.29) is 5.60 Å². The molecule has 1 unspecified atom stereocenters. The van der Waals surface area contributed by atoms with E-state index in [0.29, 0.717) is 6.04 Å². The maximum Gasteiger partial charge on any atom is 0.121 e. The summed E-state index contributed by atoms with van der Waals surface area (Å²) in [6.07, 6.45) is 1.97. The van der Waals surface area contributed by atoms with Crippen LogP contribution in [0.3, 0.4) is 0 Å². The minimum absolute atomic E-state index is 0.0682. The van der Waals surface area contributed by atoms with Crippen LogP contribution in [0.2, 0.25) is 5.02 Å². The molecule has 1 aromatic carbocycles. The molecule has 1 aliphatic rings. The second-order valence-electron chi connectivity index (χ2n) is 5.29. The topological polar surface area (TPSA) is 30.5 Å². The van der Waals surface area contributed by atoms with Gasteiger partial charge in [0.15, 0.2) is 0 Å². The number of halogens is 1. The summed E-state index contributed by atoms with van der Waals surface area (Å²) in [6.45, 7) is 5.02. The first-order valence-corrected chi connectivity index (χ1v) is 6.62. The van der Waals surface area contributed by atoms with Crippen molar-refractivity contribution in [2.45, 2.75) is 38.3 Å². The molecule has 1 N–H and O–H groups in total. The zero-order valence-corrected chi connectivity index (χ0v) is 11.9. The van der Waals surface area contributed by atoms with Crippen LogP contribution in [0.5, 0.6) is 5.75 Å². The van der Waals surface area contributed by atoms with Crippen molar-refractivity contribution in [2.24, 2.45) is 0 Å². The molecule has 1 fully saturated rings. The van der Waals surface area contributed by atoms with Crippen molar-refractivity contribution >= 4 is 17.3 Å². The van der Waals surface area contributed by atoms with Gasteiger partial charge in [-0.3, -0.25) is 0 Å². The van der Waals surface area contributed by atoms with Crippen molar-refractivity contribution < 1.29 is 9.47 Å².